The van der Waals surface area contributed by atoms with Gasteiger partial charge in [0.15, 0.2) is 11.5 Å². The molecule has 1 fully saturated rings. The minimum atomic E-state index is -1.42. The van der Waals surface area contributed by atoms with Gasteiger partial charge >= 0.3 is 11.9 Å². The predicted molar refractivity (Wildman–Crippen MR) is 160 cm³/mol. The first-order valence-electron chi connectivity index (χ1n) is 13.4. The molecule has 2 aromatic carbocycles. The quantitative estimate of drug-likeness (QED) is 0.201. The average Bonchev–Trinajstić information content (AvgIpc) is 3.40. The van der Waals surface area contributed by atoms with Gasteiger partial charge in [-0.25, -0.2) is 0 Å². The third-order valence-corrected chi connectivity index (χ3v) is 10.2. The number of phenols is 1. The summed E-state index contributed by atoms with van der Waals surface area (Å²) in [7, 11) is 1.48. The van der Waals surface area contributed by atoms with Crippen LogP contribution in [0.5, 0.6) is 11.5 Å². The molecular weight excluding hydrogens is 532 g/mol. The van der Waals surface area contributed by atoms with Gasteiger partial charge in [0.25, 0.3) is 0 Å². The summed E-state index contributed by atoms with van der Waals surface area (Å²) >= 11 is 7.19. The zero-order chi connectivity index (χ0) is 28.8. The van der Waals surface area contributed by atoms with Crippen LogP contribution in [-0.2, 0) is 14.3 Å². The molecule has 1 aliphatic rings. The van der Waals surface area contributed by atoms with E-state index in [9.17, 15) is 19.8 Å². The van der Waals surface area contributed by atoms with Crippen molar-refractivity contribution in [3.63, 3.8) is 0 Å². The maximum Gasteiger partial charge on any atom is 0.313 e. The highest BCUT2D eigenvalue weighted by molar-refractivity contribution is 8.23. The molecule has 2 unspecified atom stereocenters. The Morgan fingerprint density at radius 2 is 1.74 bits per heavy atom. The molecule has 0 heterocycles. The standard InChI is InChI=1S/C31H40O6S2/c1-6-31(16-10-11-17-31)37-28(35)30(4,29(2,3)27(33)34)19-23(22-14-15-24(32)25(18-22)36-5)20-39-26(38)21-12-8-7-9-13-21/h7-9,12-15,18,23,32H,6,10-11,16-17,19-20H2,1-5H3,(H,33,34). The third-order valence-electron chi connectivity index (χ3n) is 8.59. The number of rotatable bonds is 12. The molecule has 6 nitrogen and oxygen atoms in total. The van der Waals surface area contributed by atoms with E-state index in [0.717, 1.165) is 36.8 Å². The molecule has 3 rings (SSSR count). The lowest BCUT2D eigenvalue weighted by Gasteiger charge is -2.43. The Balaban J connectivity index is 2.01. The molecular formula is C31H40O6S2. The lowest BCUT2D eigenvalue weighted by atomic mass is 9.62. The summed E-state index contributed by atoms with van der Waals surface area (Å²) in [4.78, 5) is 26.6. The van der Waals surface area contributed by atoms with Crippen LogP contribution >= 0.6 is 24.0 Å². The number of carbonyl (C=O) groups excluding carboxylic acids is 1. The maximum absolute atomic E-state index is 14.1. The van der Waals surface area contributed by atoms with E-state index in [1.807, 2.05) is 37.3 Å². The monoisotopic (exact) mass is 572 g/mol. The number of esters is 1. The Labute approximate surface area is 241 Å². The molecule has 0 saturated heterocycles. The number of ether oxygens (including phenoxy) is 2. The van der Waals surface area contributed by atoms with Crippen LogP contribution < -0.4 is 4.74 Å². The van der Waals surface area contributed by atoms with Gasteiger partial charge in [-0.2, -0.15) is 0 Å². The van der Waals surface area contributed by atoms with Gasteiger partial charge in [0.1, 0.15) is 5.60 Å². The molecule has 0 aliphatic heterocycles. The summed E-state index contributed by atoms with van der Waals surface area (Å²) in [6.45, 7) is 6.93. The first-order chi connectivity index (χ1) is 18.4. The first kappa shape index (κ1) is 31.0. The van der Waals surface area contributed by atoms with E-state index in [1.165, 1.54) is 18.9 Å². The van der Waals surface area contributed by atoms with E-state index in [2.05, 4.69) is 0 Å². The molecule has 1 aliphatic carbocycles. The number of methoxy groups -OCH3 is 1. The summed E-state index contributed by atoms with van der Waals surface area (Å²) in [6.07, 6.45) is 4.47. The molecule has 2 atom stereocenters. The van der Waals surface area contributed by atoms with Crippen molar-refractivity contribution in [2.45, 2.75) is 77.7 Å². The van der Waals surface area contributed by atoms with Crippen LogP contribution in [-0.4, -0.2) is 44.8 Å². The van der Waals surface area contributed by atoms with Crippen molar-refractivity contribution < 1.29 is 29.3 Å². The number of hydrogen-bond donors (Lipinski definition) is 2. The van der Waals surface area contributed by atoms with Gasteiger partial charge in [0, 0.05) is 5.75 Å². The van der Waals surface area contributed by atoms with Crippen molar-refractivity contribution >= 4 is 40.1 Å². The molecule has 8 heteroatoms. The van der Waals surface area contributed by atoms with Crippen LogP contribution in [0, 0.1) is 10.8 Å². The van der Waals surface area contributed by atoms with Crippen LogP contribution in [0.1, 0.15) is 83.3 Å². The van der Waals surface area contributed by atoms with Crippen molar-refractivity contribution in [1.29, 1.82) is 0 Å². The van der Waals surface area contributed by atoms with Gasteiger partial charge in [-0.05, 0) is 88.5 Å². The number of carboxylic acids is 1. The zero-order valence-electron chi connectivity index (χ0n) is 23.5. The van der Waals surface area contributed by atoms with Crippen molar-refractivity contribution in [3.8, 4) is 11.5 Å². The molecule has 39 heavy (non-hydrogen) atoms. The highest BCUT2D eigenvalue weighted by atomic mass is 32.2. The van der Waals surface area contributed by atoms with Gasteiger partial charge in [0.05, 0.1) is 22.1 Å². The Morgan fingerprint density at radius 1 is 1.10 bits per heavy atom. The molecule has 1 saturated carbocycles. The number of thioether (sulfide) groups is 1. The number of carboxylic acid groups (broad SMARTS) is 1. The summed E-state index contributed by atoms with van der Waals surface area (Å²) < 4.78 is 12.3. The zero-order valence-corrected chi connectivity index (χ0v) is 25.1. The van der Waals surface area contributed by atoms with Gasteiger partial charge in [0.2, 0.25) is 0 Å². The molecule has 0 radical (unpaired) electrons. The molecule has 0 spiro atoms. The van der Waals surface area contributed by atoms with Crippen molar-refractivity contribution in [2.24, 2.45) is 10.8 Å². The van der Waals surface area contributed by atoms with E-state index in [-0.39, 0.29) is 18.1 Å². The minimum absolute atomic E-state index is 0.00613. The first-order valence-corrected chi connectivity index (χ1v) is 14.8. The van der Waals surface area contributed by atoms with Gasteiger partial charge in [-0.3, -0.25) is 9.59 Å². The lowest BCUT2D eigenvalue weighted by molar-refractivity contribution is -0.187. The summed E-state index contributed by atoms with van der Waals surface area (Å²) in [5.74, 6) is -1.02. The normalized spacial score (nSPS) is 17.2. The van der Waals surface area contributed by atoms with Crippen LogP contribution in [0.2, 0.25) is 0 Å². The molecule has 2 N–H and O–H groups in total. The van der Waals surface area contributed by atoms with E-state index < -0.39 is 28.4 Å². The Bertz CT molecular complexity index is 1170. The fourth-order valence-corrected chi connectivity index (χ4v) is 6.54. The van der Waals surface area contributed by atoms with E-state index in [0.29, 0.717) is 22.1 Å². The Hall–Kier alpha value is -2.58. The largest absolute Gasteiger partial charge is 0.504 e. The van der Waals surface area contributed by atoms with E-state index in [4.69, 9.17) is 21.7 Å². The number of aliphatic carboxylic acids is 1. The third kappa shape index (κ3) is 6.77. The SMILES string of the molecule is CCC1(OC(=O)C(C)(CC(CSC(=S)c2ccccc2)c2ccc(O)c(OC)c2)C(C)(C)C(=O)O)CCCC1. The number of hydrogen-bond acceptors (Lipinski definition) is 7. The number of phenolic OH excluding ortho intramolecular Hbond substituents is 1. The Morgan fingerprint density at radius 3 is 2.31 bits per heavy atom. The molecule has 0 amide bonds. The number of thiocarbonyl (C=S) groups is 1. The second kappa shape index (κ2) is 12.7. The van der Waals surface area contributed by atoms with Crippen molar-refractivity contribution in [2.75, 3.05) is 12.9 Å². The number of aromatic hydroxyl groups is 1. The summed E-state index contributed by atoms with van der Waals surface area (Å²) in [6, 6.07) is 14.8. The Kier molecular flexibility index (Phi) is 10.1. The van der Waals surface area contributed by atoms with Crippen LogP contribution in [0.15, 0.2) is 48.5 Å². The second-order valence-corrected chi connectivity index (χ2v) is 12.9. The molecule has 0 bridgehead atoms. The van der Waals surface area contributed by atoms with Crippen molar-refractivity contribution in [3.05, 3.63) is 59.7 Å². The van der Waals surface area contributed by atoms with E-state index >= 15 is 0 Å². The minimum Gasteiger partial charge on any atom is -0.504 e. The molecule has 0 aromatic heterocycles. The van der Waals surface area contributed by atoms with Crippen molar-refractivity contribution in [1.82, 2.24) is 0 Å². The van der Waals surface area contributed by atoms with Gasteiger partial charge in [-0.15, -0.1) is 11.8 Å². The molecule has 2 aromatic rings. The lowest BCUT2D eigenvalue weighted by Crippen LogP contribution is -2.51. The van der Waals surface area contributed by atoms with Gasteiger partial charge in [-0.1, -0.05) is 55.5 Å². The van der Waals surface area contributed by atoms with Crippen LogP contribution in [0.25, 0.3) is 0 Å². The van der Waals surface area contributed by atoms with Crippen LogP contribution in [0.3, 0.4) is 0 Å². The fraction of sp³-hybridized carbons (Fsp3) is 0.516. The summed E-state index contributed by atoms with van der Waals surface area (Å²) in [5, 5.41) is 20.5. The average molecular weight is 573 g/mol. The van der Waals surface area contributed by atoms with Crippen LogP contribution in [0.4, 0.5) is 0 Å². The molecule has 212 valence electrons. The topological polar surface area (TPSA) is 93.1 Å². The van der Waals surface area contributed by atoms with E-state index in [1.54, 1.807) is 39.0 Å². The second-order valence-electron chi connectivity index (χ2n) is 11.2. The fourth-order valence-electron chi connectivity index (χ4n) is 5.23. The smallest absolute Gasteiger partial charge is 0.313 e. The number of benzene rings is 2. The number of carbonyl (C=O) groups is 2. The van der Waals surface area contributed by atoms with Gasteiger partial charge < -0.3 is 19.7 Å². The summed E-state index contributed by atoms with van der Waals surface area (Å²) in [5.41, 5.74) is -1.57. The highest BCUT2D eigenvalue weighted by Gasteiger charge is 2.55. The predicted octanol–water partition coefficient (Wildman–Crippen LogP) is 7.37. The highest BCUT2D eigenvalue weighted by Crippen LogP contribution is 2.50. The maximum atomic E-state index is 14.1.